The summed E-state index contributed by atoms with van der Waals surface area (Å²) in [5.74, 6) is 0.459. The van der Waals surface area contributed by atoms with Crippen LogP contribution in [0.5, 0.6) is 5.75 Å². The number of nitrogens with zero attached hydrogens (tertiary/aromatic N) is 3. The molecule has 0 radical (unpaired) electrons. The van der Waals surface area contributed by atoms with Crippen LogP contribution in [0.4, 0.5) is 0 Å². The summed E-state index contributed by atoms with van der Waals surface area (Å²) in [4.78, 5) is 15.1. The average molecular weight is 381 g/mol. The molecule has 8 nitrogen and oxygen atoms in total. The standard InChI is InChI=1S/C20H23N5O3/c1-25-8-6-16-15(11-25)19(24-23-16)20(26)22-17-12-27-9-7-18(17)28-14-4-2-13(10-21)3-5-14/h2-5,17-18H,6-9,11-12H2,1H3,(H,22,26)(H,23,24)/t17-,18-/m1/s1. The largest absolute Gasteiger partial charge is 0.488 e. The molecule has 1 fully saturated rings. The van der Waals surface area contributed by atoms with Gasteiger partial charge in [-0.15, -0.1) is 0 Å². The Morgan fingerprint density at radius 3 is 3.04 bits per heavy atom. The number of carbonyl (C=O) groups is 1. The second-order valence-corrected chi connectivity index (χ2v) is 7.25. The molecule has 0 unspecified atom stereocenters. The number of H-pyrrole nitrogens is 1. The van der Waals surface area contributed by atoms with E-state index in [0.29, 0.717) is 43.2 Å². The lowest BCUT2D eigenvalue weighted by molar-refractivity contribution is -0.00297. The maximum atomic E-state index is 12.9. The molecule has 2 N–H and O–H groups in total. The third-order valence-electron chi connectivity index (χ3n) is 5.22. The first-order chi connectivity index (χ1) is 13.6. The number of hydrogen-bond acceptors (Lipinski definition) is 6. The van der Waals surface area contributed by atoms with Crippen molar-refractivity contribution in [2.75, 3.05) is 26.8 Å². The number of benzene rings is 1. The van der Waals surface area contributed by atoms with E-state index in [9.17, 15) is 4.79 Å². The van der Waals surface area contributed by atoms with Crippen LogP contribution in [0.25, 0.3) is 0 Å². The molecule has 1 aromatic heterocycles. The molecule has 2 aliphatic heterocycles. The second-order valence-electron chi connectivity index (χ2n) is 7.25. The Hall–Kier alpha value is -2.89. The minimum absolute atomic E-state index is 0.205. The summed E-state index contributed by atoms with van der Waals surface area (Å²) in [6, 6.07) is 8.79. The highest BCUT2D eigenvalue weighted by Gasteiger charge is 2.31. The van der Waals surface area contributed by atoms with E-state index in [0.717, 1.165) is 24.2 Å². The first kappa shape index (κ1) is 18.5. The fraction of sp³-hybridized carbons (Fsp3) is 0.450. The highest BCUT2D eigenvalue weighted by Crippen LogP contribution is 2.21. The van der Waals surface area contributed by atoms with E-state index in [1.165, 1.54) is 0 Å². The molecule has 1 saturated heterocycles. The third-order valence-corrected chi connectivity index (χ3v) is 5.22. The molecule has 1 aromatic carbocycles. The molecular formula is C20H23N5O3. The van der Waals surface area contributed by atoms with Crippen molar-refractivity contribution in [2.24, 2.45) is 0 Å². The van der Waals surface area contributed by atoms with Gasteiger partial charge in [-0.3, -0.25) is 9.89 Å². The number of amides is 1. The van der Waals surface area contributed by atoms with E-state index < -0.39 is 0 Å². The van der Waals surface area contributed by atoms with Gasteiger partial charge in [0.25, 0.3) is 5.91 Å². The number of likely N-dealkylation sites (N-methyl/N-ethyl adjacent to an activating group) is 1. The van der Waals surface area contributed by atoms with Gasteiger partial charge in [0.2, 0.25) is 0 Å². The number of rotatable bonds is 4. The van der Waals surface area contributed by atoms with Gasteiger partial charge in [-0.25, -0.2) is 0 Å². The predicted molar refractivity (Wildman–Crippen MR) is 101 cm³/mol. The maximum absolute atomic E-state index is 12.9. The van der Waals surface area contributed by atoms with Crippen molar-refractivity contribution >= 4 is 5.91 Å². The molecule has 4 rings (SSSR count). The zero-order valence-electron chi connectivity index (χ0n) is 15.8. The molecule has 0 saturated carbocycles. The van der Waals surface area contributed by atoms with Crippen LogP contribution in [-0.4, -0.2) is 60.0 Å². The number of hydrogen-bond donors (Lipinski definition) is 2. The number of nitrogens with one attached hydrogen (secondary N) is 2. The zero-order valence-corrected chi connectivity index (χ0v) is 15.8. The molecule has 0 bridgehead atoms. The Morgan fingerprint density at radius 2 is 2.25 bits per heavy atom. The molecule has 2 atom stereocenters. The second kappa shape index (κ2) is 8.00. The summed E-state index contributed by atoms with van der Waals surface area (Å²) in [6.45, 7) is 2.63. The van der Waals surface area contributed by atoms with Gasteiger partial charge in [-0.1, -0.05) is 0 Å². The van der Waals surface area contributed by atoms with Gasteiger partial charge in [0.05, 0.1) is 30.9 Å². The lowest BCUT2D eigenvalue weighted by Gasteiger charge is -2.32. The van der Waals surface area contributed by atoms with Crippen molar-refractivity contribution in [2.45, 2.75) is 31.5 Å². The first-order valence-electron chi connectivity index (χ1n) is 9.44. The Kier molecular flexibility index (Phi) is 5.28. The smallest absolute Gasteiger partial charge is 0.272 e. The van der Waals surface area contributed by atoms with Crippen molar-refractivity contribution < 1.29 is 14.3 Å². The Morgan fingerprint density at radius 1 is 1.43 bits per heavy atom. The molecule has 1 amide bonds. The Balaban J connectivity index is 1.45. The summed E-state index contributed by atoms with van der Waals surface area (Å²) >= 11 is 0. The summed E-state index contributed by atoms with van der Waals surface area (Å²) in [5, 5.41) is 19.2. The van der Waals surface area contributed by atoms with Gasteiger partial charge in [0.15, 0.2) is 5.69 Å². The SMILES string of the molecule is CN1CCc2[nH]nc(C(=O)N[C@@H]3COCC[C@H]3Oc3ccc(C#N)cc3)c2C1. The maximum Gasteiger partial charge on any atom is 0.272 e. The molecule has 0 spiro atoms. The van der Waals surface area contributed by atoms with Gasteiger partial charge < -0.3 is 19.7 Å². The fourth-order valence-corrected chi connectivity index (χ4v) is 3.63. The monoisotopic (exact) mass is 381 g/mol. The molecule has 8 heteroatoms. The molecule has 2 aromatic rings. The number of fused-ring (bicyclic) bond motifs is 1. The molecular weight excluding hydrogens is 358 g/mol. The number of carbonyl (C=O) groups excluding carboxylic acids is 1. The number of ether oxygens (including phenoxy) is 2. The number of aromatic amines is 1. The van der Waals surface area contributed by atoms with Crippen LogP contribution in [0.15, 0.2) is 24.3 Å². The third kappa shape index (κ3) is 3.86. The van der Waals surface area contributed by atoms with Crippen LogP contribution in [0.1, 0.15) is 33.7 Å². The van der Waals surface area contributed by atoms with E-state index in [4.69, 9.17) is 14.7 Å². The van der Waals surface area contributed by atoms with Crippen molar-refractivity contribution in [3.8, 4) is 11.8 Å². The van der Waals surface area contributed by atoms with Crippen molar-refractivity contribution in [3.63, 3.8) is 0 Å². The average Bonchev–Trinajstić information content (AvgIpc) is 3.13. The van der Waals surface area contributed by atoms with Crippen LogP contribution in [0, 0.1) is 11.3 Å². The van der Waals surface area contributed by atoms with Gasteiger partial charge in [0.1, 0.15) is 11.9 Å². The number of aromatic nitrogens is 2. The summed E-state index contributed by atoms with van der Waals surface area (Å²) in [7, 11) is 2.04. The summed E-state index contributed by atoms with van der Waals surface area (Å²) in [5.41, 5.74) is 3.03. The highest BCUT2D eigenvalue weighted by molar-refractivity contribution is 5.94. The van der Waals surface area contributed by atoms with Gasteiger partial charge in [-0.05, 0) is 31.3 Å². The van der Waals surface area contributed by atoms with E-state index in [-0.39, 0.29) is 18.1 Å². The van der Waals surface area contributed by atoms with Gasteiger partial charge >= 0.3 is 0 Å². The van der Waals surface area contributed by atoms with Crippen LogP contribution in [-0.2, 0) is 17.7 Å². The van der Waals surface area contributed by atoms with Crippen molar-refractivity contribution in [1.29, 1.82) is 5.26 Å². The predicted octanol–water partition coefficient (Wildman–Crippen LogP) is 1.24. The van der Waals surface area contributed by atoms with E-state index in [1.54, 1.807) is 24.3 Å². The molecule has 0 aliphatic carbocycles. The van der Waals surface area contributed by atoms with Crippen LogP contribution in [0.3, 0.4) is 0 Å². The van der Waals surface area contributed by atoms with Crippen LogP contribution in [0.2, 0.25) is 0 Å². The number of nitriles is 1. The van der Waals surface area contributed by atoms with E-state index in [1.807, 2.05) is 7.05 Å². The molecule has 3 heterocycles. The van der Waals surface area contributed by atoms with Crippen LogP contribution < -0.4 is 10.1 Å². The minimum atomic E-state index is -0.273. The minimum Gasteiger partial charge on any atom is -0.488 e. The molecule has 2 aliphatic rings. The quantitative estimate of drug-likeness (QED) is 0.826. The Labute approximate surface area is 163 Å². The van der Waals surface area contributed by atoms with Gasteiger partial charge in [-0.2, -0.15) is 10.4 Å². The summed E-state index contributed by atoms with van der Waals surface area (Å²) in [6.07, 6.45) is 1.33. The topological polar surface area (TPSA) is 103 Å². The van der Waals surface area contributed by atoms with Crippen LogP contribution >= 0.6 is 0 Å². The summed E-state index contributed by atoms with van der Waals surface area (Å²) < 4.78 is 11.6. The Bertz CT molecular complexity index is 886. The fourth-order valence-electron chi connectivity index (χ4n) is 3.63. The lowest BCUT2D eigenvalue weighted by Crippen LogP contribution is -2.52. The van der Waals surface area contributed by atoms with E-state index >= 15 is 0 Å². The van der Waals surface area contributed by atoms with Crippen molar-refractivity contribution in [3.05, 3.63) is 46.8 Å². The normalized spacial score (nSPS) is 22.1. The van der Waals surface area contributed by atoms with E-state index in [2.05, 4.69) is 26.5 Å². The van der Waals surface area contributed by atoms with Crippen molar-refractivity contribution in [1.82, 2.24) is 20.4 Å². The zero-order chi connectivity index (χ0) is 19.5. The molecule has 146 valence electrons. The van der Waals surface area contributed by atoms with Gasteiger partial charge in [0, 0.05) is 37.2 Å². The highest BCUT2D eigenvalue weighted by atomic mass is 16.5. The lowest BCUT2D eigenvalue weighted by atomic mass is 10.0. The molecule has 28 heavy (non-hydrogen) atoms. The first-order valence-corrected chi connectivity index (χ1v) is 9.44.